The summed E-state index contributed by atoms with van der Waals surface area (Å²) < 4.78 is 2.90. The van der Waals surface area contributed by atoms with Crippen molar-refractivity contribution in [2.75, 3.05) is 13.1 Å². The molecule has 0 radical (unpaired) electrons. The lowest BCUT2D eigenvalue weighted by Gasteiger charge is -2.08. The maximum absolute atomic E-state index is 12.3. The number of aryl methyl sites for hydroxylation is 1. The zero-order valence-corrected chi connectivity index (χ0v) is 14.8. The minimum absolute atomic E-state index is 0.102. The van der Waals surface area contributed by atoms with E-state index in [1.54, 1.807) is 25.2 Å². The molecule has 2 aromatic carbocycles. The zero-order valence-electron chi connectivity index (χ0n) is 14.8. The van der Waals surface area contributed by atoms with Gasteiger partial charge >= 0.3 is 5.69 Å². The van der Waals surface area contributed by atoms with Crippen molar-refractivity contribution < 1.29 is 14.7 Å². The third-order valence-electron chi connectivity index (χ3n) is 4.23. The van der Waals surface area contributed by atoms with E-state index in [4.69, 9.17) is 0 Å². The van der Waals surface area contributed by atoms with Crippen molar-refractivity contribution in [3.05, 3.63) is 64.6 Å². The van der Waals surface area contributed by atoms with E-state index in [1.807, 2.05) is 18.2 Å². The van der Waals surface area contributed by atoms with Crippen molar-refractivity contribution in [3.8, 4) is 5.75 Å². The van der Waals surface area contributed by atoms with Gasteiger partial charge in [-0.3, -0.25) is 18.7 Å². The number of hydrogen-bond acceptors (Lipinski definition) is 4. The van der Waals surface area contributed by atoms with Crippen LogP contribution in [0.25, 0.3) is 11.0 Å². The molecule has 0 aliphatic rings. The smallest absolute Gasteiger partial charge is 0.329 e. The molecule has 3 aromatic rings. The van der Waals surface area contributed by atoms with Gasteiger partial charge in [-0.1, -0.05) is 24.3 Å². The molecule has 2 amide bonds. The van der Waals surface area contributed by atoms with E-state index in [-0.39, 0.29) is 42.5 Å². The van der Waals surface area contributed by atoms with Crippen LogP contribution in [0.2, 0.25) is 0 Å². The number of carbonyl (C=O) groups excluding carboxylic acids is 2. The lowest BCUT2D eigenvalue weighted by Crippen LogP contribution is -2.37. The van der Waals surface area contributed by atoms with Crippen LogP contribution in [0.4, 0.5) is 0 Å². The summed E-state index contributed by atoms with van der Waals surface area (Å²) in [5, 5.41) is 14.9. The van der Waals surface area contributed by atoms with Crippen LogP contribution < -0.4 is 16.3 Å². The number of carbonyl (C=O) groups is 2. The maximum Gasteiger partial charge on any atom is 0.329 e. The molecule has 0 aliphatic heterocycles. The third kappa shape index (κ3) is 3.84. The summed E-state index contributed by atoms with van der Waals surface area (Å²) in [6.45, 7) is 0.300. The Morgan fingerprint density at radius 1 is 0.963 bits per heavy atom. The number of nitrogens with zero attached hydrogens (tertiary/aromatic N) is 2. The second-order valence-corrected chi connectivity index (χ2v) is 6.04. The second kappa shape index (κ2) is 7.77. The van der Waals surface area contributed by atoms with Crippen LogP contribution in [0.15, 0.2) is 53.3 Å². The summed E-state index contributed by atoms with van der Waals surface area (Å²) in [7, 11) is 1.66. The van der Waals surface area contributed by atoms with E-state index in [0.717, 1.165) is 5.52 Å². The fourth-order valence-corrected chi connectivity index (χ4v) is 2.85. The lowest BCUT2D eigenvalue weighted by atomic mass is 10.2. The summed E-state index contributed by atoms with van der Waals surface area (Å²) in [5.41, 5.74) is 1.35. The van der Waals surface area contributed by atoms with Crippen LogP contribution in [0, 0.1) is 0 Å². The Labute approximate surface area is 155 Å². The number of para-hydroxylation sites is 3. The Balaban J connectivity index is 1.54. The van der Waals surface area contributed by atoms with E-state index >= 15 is 0 Å². The number of hydrogen-bond donors (Lipinski definition) is 3. The minimum atomic E-state index is -0.423. The van der Waals surface area contributed by atoms with Gasteiger partial charge in [0, 0.05) is 20.1 Å². The van der Waals surface area contributed by atoms with Gasteiger partial charge in [0.05, 0.1) is 16.6 Å². The first-order valence-electron chi connectivity index (χ1n) is 8.46. The van der Waals surface area contributed by atoms with Gasteiger partial charge in [0.15, 0.2) is 0 Å². The molecule has 140 valence electrons. The van der Waals surface area contributed by atoms with Crippen molar-refractivity contribution in [3.63, 3.8) is 0 Å². The van der Waals surface area contributed by atoms with Crippen molar-refractivity contribution in [2.45, 2.75) is 6.54 Å². The Morgan fingerprint density at radius 3 is 2.33 bits per heavy atom. The van der Waals surface area contributed by atoms with E-state index in [1.165, 1.54) is 21.3 Å². The molecule has 0 atom stereocenters. The van der Waals surface area contributed by atoms with E-state index in [9.17, 15) is 19.5 Å². The predicted molar refractivity (Wildman–Crippen MR) is 101 cm³/mol. The van der Waals surface area contributed by atoms with Crippen molar-refractivity contribution in [2.24, 2.45) is 7.05 Å². The first kappa shape index (κ1) is 18.2. The summed E-state index contributed by atoms with van der Waals surface area (Å²) in [4.78, 5) is 36.4. The summed E-state index contributed by atoms with van der Waals surface area (Å²) >= 11 is 0. The molecule has 3 rings (SSSR count). The van der Waals surface area contributed by atoms with Crippen LogP contribution >= 0.6 is 0 Å². The summed E-state index contributed by atoms with van der Waals surface area (Å²) in [6, 6.07) is 13.5. The average molecular weight is 368 g/mol. The predicted octanol–water partition coefficient (Wildman–Crippen LogP) is 0.592. The van der Waals surface area contributed by atoms with Gasteiger partial charge in [0.2, 0.25) is 5.91 Å². The lowest BCUT2D eigenvalue weighted by molar-refractivity contribution is -0.121. The first-order chi connectivity index (χ1) is 13.0. The van der Waals surface area contributed by atoms with Crippen LogP contribution in [0.3, 0.4) is 0 Å². The van der Waals surface area contributed by atoms with Gasteiger partial charge in [-0.2, -0.15) is 0 Å². The maximum atomic E-state index is 12.3. The van der Waals surface area contributed by atoms with Gasteiger partial charge in [0.25, 0.3) is 5.91 Å². The highest BCUT2D eigenvalue weighted by Gasteiger charge is 2.13. The largest absolute Gasteiger partial charge is 0.507 e. The molecule has 0 unspecified atom stereocenters. The fourth-order valence-electron chi connectivity index (χ4n) is 2.85. The monoisotopic (exact) mass is 368 g/mol. The number of phenolic OH excluding ortho intramolecular Hbond substituents is 1. The molecule has 0 fully saturated rings. The molecule has 0 bridgehead atoms. The summed E-state index contributed by atoms with van der Waals surface area (Å²) in [6.07, 6.45) is 0. The van der Waals surface area contributed by atoms with Gasteiger partial charge in [-0.15, -0.1) is 0 Å². The number of nitrogens with one attached hydrogen (secondary N) is 2. The Kier molecular flexibility index (Phi) is 5.25. The fraction of sp³-hybridized carbons (Fsp3) is 0.211. The molecule has 1 heterocycles. The van der Waals surface area contributed by atoms with Crippen LogP contribution in [0.1, 0.15) is 10.4 Å². The van der Waals surface area contributed by atoms with Crippen molar-refractivity contribution in [1.29, 1.82) is 0 Å². The number of aromatic hydroxyl groups is 1. The molecule has 0 aliphatic carbocycles. The Morgan fingerprint density at radius 2 is 1.59 bits per heavy atom. The number of rotatable bonds is 6. The quantitative estimate of drug-likeness (QED) is 0.554. The molecular formula is C19H20N4O4. The molecule has 27 heavy (non-hydrogen) atoms. The SMILES string of the molecule is Cn1c(=O)n(CC(=O)NCCNC(=O)c2ccccc2O)c2ccccc21. The Hall–Kier alpha value is -3.55. The van der Waals surface area contributed by atoms with Gasteiger partial charge in [-0.05, 0) is 24.3 Å². The van der Waals surface area contributed by atoms with Crippen LogP contribution in [-0.2, 0) is 18.4 Å². The number of aromatic nitrogens is 2. The van der Waals surface area contributed by atoms with Gasteiger partial charge in [0.1, 0.15) is 12.3 Å². The highest BCUT2D eigenvalue weighted by Crippen LogP contribution is 2.14. The molecule has 0 spiro atoms. The van der Waals surface area contributed by atoms with Crippen molar-refractivity contribution in [1.82, 2.24) is 19.8 Å². The third-order valence-corrected chi connectivity index (χ3v) is 4.23. The van der Waals surface area contributed by atoms with E-state index < -0.39 is 5.91 Å². The zero-order chi connectivity index (χ0) is 19.4. The normalized spacial score (nSPS) is 10.7. The molecule has 1 aromatic heterocycles. The van der Waals surface area contributed by atoms with Crippen LogP contribution in [-0.4, -0.2) is 39.1 Å². The van der Waals surface area contributed by atoms with Gasteiger partial charge in [-0.25, -0.2) is 4.79 Å². The average Bonchev–Trinajstić information content (AvgIpc) is 2.91. The number of imidazole rings is 1. The van der Waals surface area contributed by atoms with Gasteiger partial charge < -0.3 is 15.7 Å². The molecular weight excluding hydrogens is 348 g/mol. The number of benzene rings is 2. The highest BCUT2D eigenvalue weighted by molar-refractivity contribution is 5.96. The van der Waals surface area contributed by atoms with Crippen molar-refractivity contribution >= 4 is 22.8 Å². The molecule has 8 heteroatoms. The Bertz CT molecular complexity index is 1050. The highest BCUT2D eigenvalue weighted by atomic mass is 16.3. The molecule has 0 saturated heterocycles. The number of phenols is 1. The first-order valence-corrected chi connectivity index (χ1v) is 8.46. The van der Waals surface area contributed by atoms with Crippen LogP contribution in [0.5, 0.6) is 5.75 Å². The summed E-state index contributed by atoms with van der Waals surface area (Å²) in [5.74, 6) is -0.854. The molecule has 8 nitrogen and oxygen atoms in total. The minimum Gasteiger partial charge on any atom is -0.507 e. The molecule has 0 saturated carbocycles. The topological polar surface area (TPSA) is 105 Å². The second-order valence-electron chi connectivity index (χ2n) is 6.04. The van der Waals surface area contributed by atoms with E-state index in [0.29, 0.717) is 5.52 Å². The number of fused-ring (bicyclic) bond motifs is 1. The molecule has 3 N–H and O–H groups in total. The number of amides is 2. The van der Waals surface area contributed by atoms with E-state index in [2.05, 4.69) is 10.6 Å². The standard InChI is InChI=1S/C19H20N4O4/c1-22-14-7-3-4-8-15(14)23(19(22)27)12-17(25)20-10-11-21-18(26)13-6-2-5-9-16(13)24/h2-9,24H,10-12H2,1H3,(H,20,25)(H,21,26).